The van der Waals surface area contributed by atoms with Crippen LogP contribution in [0, 0.1) is 5.92 Å². The molecule has 2 N–H and O–H groups in total. The molecule has 0 bridgehead atoms. The molecular formula is C12H19N3O. The summed E-state index contributed by atoms with van der Waals surface area (Å²) < 4.78 is 0. The largest absolute Gasteiger partial charge is 0.339 e. The Hall–Kier alpha value is -1.42. The molecule has 4 nitrogen and oxygen atoms in total. The van der Waals surface area contributed by atoms with Crippen LogP contribution in [0.3, 0.4) is 0 Å². The highest BCUT2D eigenvalue weighted by atomic mass is 16.2. The molecule has 1 heterocycles. The van der Waals surface area contributed by atoms with Crippen LogP contribution in [0.15, 0.2) is 24.4 Å². The zero-order valence-electron chi connectivity index (χ0n) is 10.1. The van der Waals surface area contributed by atoms with E-state index in [1.165, 1.54) is 0 Å². The second-order valence-electron chi connectivity index (χ2n) is 4.29. The number of rotatable bonds is 4. The lowest BCUT2D eigenvalue weighted by molar-refractivity contribution is -0.132. The maximum absolute atomic E-state index is 11.9. The number of carbonyl (C=O) groups is 1. The van der Waals surface area contributed by atoms with Gasteiger partial charge in [-0.15, -0.1) is 0 Å². The molecule has 0 aliphatic carbocycles. The average Bonchev–Trinajstić information content (AvgIpc) is 2.28. The minimum atomic E-state index is -0.436. The van der Waals surface area contributed by atoms with Crippen molar-refractivity contribution in [3.05, 3.63) is 30.1 Å². The molecule has 0 saturated carbocycles. The van der Waals surface area contributed by atoms with Crippen molar-refractivity contribution in [3.63, 3.8) is 0 Å². The van der Waals surface area contributed by atoms with Crippen molar-refractivity contribution < 1.29 is 4.79 Å². The maximum Gasteiger partial charge on any atom is 0.239 e. The molecule has 1 amide bonds. The maximum atomic E-state index is 11.9. The molecule has 1 aromatic heterocycles. The number of aromatic nitrogens is 1. The minimum Gasteiger partial charge on any atom is -0.339 e. The molecule has 1 atom stereocenters. The highest BCUT2D eigenvalue weighted by Crippen LogP contribution is 2.05. The van der Waals surface area contributed by atoms with Gasteiger partial charge in [0.1, 0.15) is 0 Å². The summed E-state index contributed by atoms with van der Waals surface area (Å²) in [6.45, 7) is 4.38. The van der Waals surface area contributed by atoms with Gasteiger partial charge in [-0.1, -0.05) is 19.9 Å². The first-order valence-corrected chi connectivity index (χ1v) is 5.43. The third-order valence-electron chi connectivity index (χ3n) is 2.50. The summed E-state index contributed by atoms with van der Waals surface area (Å²) in [5.74, 6) is 0.110. The van der Waals surface area contributed by atoms with Gasteiger partial charge in [-0.2, -0.15) is 0 Å². The van der Waals surface area contributed by atoms with Crippen LogP contribution in [-0.2, 0) is 11.3 Å². The predicted octanol–water partition coefficient (Wildman–Crippen LogP) is 1.02. The van der Waals surface area contributed by atoms with Gasteiger partial charge < -0.3 is 10.6 Å². The van der Waals surface area contributed by atoms with Crippen LogP contribution in [0.25, 0.3) is 0 Å². The normalized spacial score (nSPS) is 12.6. The Morgan fingerprint density at radius 3 is 2.69 bits per heavy atom. The number of likely N-dealkylation sites (N-methyl/N-ethyl adjacent to an activating group) is 1. The summed E-state index contributed by atoms with van der Waals surface area (Å²) in [6, 6.07) is 5.22. The molecule has 0 aliphatic rings. The van der Waals surface area contributed by atoms with E-state index < -0.39 is 6.04 Å². The van der Waals surface area contributed by atoms with Crippen LogP contribution < -0.4 is 5.73 Å². The lowest BCUT2D eigenvalue weighted by Crippen LogP contribution is -2.44. The molecule has 0 aliphatic heterocycles. The van der Waals surface area contributed by atoms with E-state index in [0.29, 0.717) is 6.54 Å². The summed E-state index contributed by atoms with van der Waals surface area (Å²) in [4.78, 5) is 17.7. The van der Waals surface area contributed by atoms with E-state index in [9.17, 15) is 4.79 Å². The molecular weight excluding hydrogens is 202 g/mol. The second-order valence-corrected chi connectivity index (χ2v) is 4.29. The van der Waals surface area contributed by atoms with Crippen molar-refractivity contribution in [3.8, 4) is 0 Å². The average molecular weight is 221 g/mol. The molecule has 16 heavy (non-hydrogen) atoms. The zero-order chi connectivity index (χ0) is 12.1. The van der Waals surface area contributed by atoms with E-state index in [4.69, 9.17) is 5.73 Å². The third-order valence-corrected chi connectivity index (χ3v) is 2.50. The Bertz CT molecular complexity index is 337. The molecule has 0 radical (unpaired) electrons. The smallest absolute Gasteiger partial charge is 0.239 e. The van der Waals surface area contributed by atoms with E-state index >= 15 is 0 Å². The van der Waals surface area contributed by atoms with Gasteiger partial charge >= 0.3 is 0 Å². The first-order chi connectivity index (χ1) is 7.52. The van der Waals surface area contributed by atoms with E-state index in [1.54, 1.807) is 18.1 Å². The Morgan fingerprint density at radius 1 is 1.50 bits per heavy atom. The zero-order valence-corrected chi connectivity index (χ0v) is 10.1. The van der Waals surface area contributed by atoms with Crippen molar-refractivity contribution in [1.29, 1.82) is 0 Å². The number of hydrogen-bond donors (Lipinski definition) is 1. The van der Waals surface area contributed by atoms with Crippen LogP contribution in [0.2, 0.25) is 0 Å². The second kappa shape index (κ2) is 5.61. The molecule has 1 rings (SSSR count). The summed E-state index contributed by atoms with van der Waals surface area (Å²) >= 11 is 0. The van der Waals surface area contributed by atoms with Crippen LogP contribution in [-0.4, -0.2) is 28.9 Å². The molecule has 0 saturated heterocycles. The van der Waals surface area contributed by atoms with Crippen LogP contribution in [0.5, 0.6) is 0 Å². The number of nitrogens with two attached hydrogens (primary N) is 1. The predicted molar refractivity (Wildman–Crippen MR) is 63.5 cm³/mol. The molecule has 1 aromatic rings. The number of carbonyl (C=O) groups excluding carboxylic acids is 1. The van der Waals surface area contributed by atoms with Gasteiger partial charge in [-0.25, -0.2) is 0 Å². The van der Waals surface area contributed by atoms with E-state index in [1.807, 2.05) is 32.0 Å². The van der Waals surface area contributed by atoms with Gasteiger partial charge in [0.15, 0.2) is 0 Å². The first-order valence-electron chi connectivity index (χ1n) is 5.43. The van der Waals surface area contributed by atoms with Crippen LogP contribution >= 0.6 is 0 Å². The van der Waals surface area contributed by atoms with Gasteiger partial charge in [0.2, 0.25) is 5.91 Å². The number of amides is 1. The van der Waals surface area contributed by atoms with E-state index in [0.717, 1.165) is 5.69 Å². The van der Waals surface area contributed by atoms with Crippen molar-refractivity contribution in [2.24, 2.45) is 11.7 Å². The highest BCUT2D eigenvalue weighted by molar-refractivity contribution is 5.81. The van der Waals surface area contributed by atoms with Gasteiger partial charge in [-0.05, 0) is 18.1 Å². The highest BCUT2D eigenvalue weighted by Gasteiger charge is 2.21. The Morgan fingerprint density at radius 2 is 2.19 bits per heavy atom. The standard InChI is InChI=1S/C12H19N3O/c1-9(2)11(13)12(16)15(3)8-10-6-4-5-7-14-10/h4-7,9,11H,8,13H2,1-3H3. The quantitative estimate of drug-likeness (QED) is 0.826. The Labute approximate surface area is 96.5 Å². The first kappa shape index (κ1) is 12.6. The molecule has 4 heteroatoms. The Kier molecular flexibility index (Phi) is 4.43. The fraction of sp³-hybridized carbons (Fsp3) is 0.500. The monoisotopic (exact) mass is 221 g/mol. The number of nitrogens with zero attached hydrogens (tertiary/aromatic N) is 2. The van der Waals surface area contributed by atoms with E-state index in [2.05, 4.69) is 4.98 Å². The van der Waals surface area contributed by atoms with E-state index in [-0.39, 0.29) is 11.8 Å². The number of hydrogen-bond acceptors (Lipinski definition) is 3. The number of pyridine rings is 1. The molecule has 0 spiro atoms. The van der Waals surface area contributed by atoms with Gasteiger partial charge in [-0.3, -0.25) is 9.78 Å². The Balaban J connectivity index is 2.59. The summed E-state index contributed by atoms with van der Waals surface area (Å²) in [5, 5.41) is 0. The fourth-order valence-corrected chi connectivity index (χ4v) is 1.35. The lowest BCUT2D eigenvalue weighted by atomic mass is 10.0. The van der Waals surface area contributed by atoms with Crippen LogP contribution in [0.1, 0.15) is 19.5 Å². The van der Waals surface area contributed by atoms with Crippen molar-refractivity contribution in [1.82, 2.24) is 9.88 Å². The van der Waals surface area contributed by atoms with Gasteiger partial charge in [0, 0.05) is 13.2 Å². The summed E-state index contributed by atoms with van der Waals surface area (Å²) in [5.41, 5.74) is 6.67. The lowest BCUT2D eigenvalue weighted by Gasteiger charge is -2.23. The van der Waals surface area contributed by atoms with Crippen molar-refractivity contribution >= 4 is 5.91 Å². The SMILES string of the molecule is CC(C)C(N)C(=O)N(C)Cc1ccccn1. The summed E-state index contributed by atoms with van der Waals surface area (Å²) in [7, 11) is 1.75. The topological polar surface area (TPSA) is 59.2 Å². The minimum absolute atomic E-state index is 0.0411. The molecule has 0 aromatic carbocycles. The summed E-state index contributed by atoms with van der Waals surface area (Å²) in [6.07, 6.45) is 1.72. The molecule has 0 fully saturated rings. The fourth-order valence-electron chi connectivity index (χ4n) is 1.35. The molecule has 88 valence electrons. The third kappa shape index (κ3) is 3.31. The van der Waals surface area contributed by atoms with Crippen LogP contribution in [0.4, 0.5) is 0 Å². The van der Waals surface area contributed by atoms with Crippen molar-refractivity contribution in [2.45, 2.75) is 26.4 Å². The van der Waals surface area contributed by atoms with Gasteiger partial charge in [0.05, 0.1) is 18.3 Å². The molecule has 1 unspecified atom stereocenters. The van der Waals surface area contributed by atoms with Gasteiger partial charge in [0.25, 0.3) is 0 Å². The van der Waals surface area contributed by atoms with Crippen molar-refractivity contribution in [2.75, 3.05) is 7.05 Å².